The molecule has 0 spiro atoms. The summed E-state index contributed by atoms with van der Waals surface area (Å²) in [4.78, 5) is 10.4. The molecular weight excluding hydrogens is 298 g/mol. The van der Waals surface area contributed by atoms with Gasteiger partial charge in [-0.15, -0.1) is 0 Å². The van der Waals surface area contributed by atoms with Crippen molar-refractivity contribution >= 4 is 5.97 Å². The molecule has 0 aliphatic rings. The lowest BCUT2D eigenvalue weighted by Gasteiger charge is -2.01. The summed E-state index contributed by atoms with van der Waals surface area (Å²) in [5, 5.41) is 8.55. The zero-order valence-electron chi connectivity index (χ0n) is 16.2. The minimum Gasteiger partial charge on any atom is -0.481 e. The van der Waals surface area contributed by atoms with Crippen molar-refractivity contribution in [2.24, 2.45) is 0 Å². The third-order valence-corrected chi connectivity index (χ3v) is 4.65. The number of carbonyl (C=O) groups is 1. The van der Waals surface area contributed by atoms with Gasteiger partial charge in [-0.2, -0.15) is 0 Å². The van der Waals surface area contributed by atoms with E-state index in [1.165, 1.54) is 96.3 Å². The Bertz CT molecular complexity index is 284. The highest BCUT2D eigenvalue weighted by atomic mass is 16.4. The van der Waals surface area contributed by atoms with Crippen molar-refractivity contribution in [2.75, 3.05) is 0 Å². The molecule has 0 radical (unpaired) electrons. The molecule has 0 saturated carbocycles. The van der Waals surface area contributed by atoms with Crippen molar-refractivity contribution in [2.45, 2.75) is 122 Å². The average molecular weight is 341 g/mol. The summed E-state index contributed by atoms with van der Waals surface area (Å²) < 4.78 is 0. The van der Waals surface area contributed by atoms with Gasteiger partial charge >= 0.3 is 5.97 Å². The molecule has 0 aromatic carbocycles. The van der Waals surface area contributed by atoms with E-state index >= 15 is 0 Å². The Kier molecular flexibility index (Phi) is 19.6. The number of aliphatic carboxylic acids is 1. The van der Waals surface area contributed by atoms with Gasteiger partial charge in [-0.05, 0) is 32.1 Å². The van der Waals surface area contributed by atoms with Crippen molar-refractivity contribution in [3.05, 3.63) is 12.2 Å². The molecule has 2 nitrogen and oxygen atoms in total. The summed E-state index contributed by atoms with van der Waals surface area (Å²) in [6.07, 6.45) is 27.1. The number of unbranched alkanes of at least 4 members (excludes halogenated alkanes) is 15. The molecule has 142 valence electrons. The lowest BCUT2D eigenvalue weighted by Crippen LogP contribution is -1.93. The Hall–Kier alpha value is -0.790. The van der Waals surface area contributed by atoms with Crippen molar-refractivity contribution in [1.82, 2.24) is 0 Å². The number of hydrogen-bond donors (Lipinski definition) is 1. The molecule has 0 aromatic heterocycles. The van der Waals surface area contributed by atoms with Gasteiger partial charge in [-0.1, -0.05) is 96.1 Å². The zero-order valence-corrected chi connectivity index (χ0v) is 16.2. The summed E-state index contributed by atoms with van der Waals surface area (Å²) in [6.45, 7) is 2.27. The van der Waals surface area contributed by atoms with Gasteiger partial charge in [-0.3, -0.25) is 4.79 Å². The molecule has 0 heterocycles. The van der Waals surface area contributed by atoms with Crippen LogP contribution in [0.1, 0.15) is 122 Å². The second kappa shape index (κ2) is 20.3. The molecule has 0 atom stereocenters. The maximum absolute atomic E-state index is 10.4. The van der Waals surface area contributed by atoms with Crippen molar-refractivity contribution in [3.63, 3.8) is 0 Å². The van der Waals surface area contributed by atoms with E-state index in [2.05, 4.69) is 19.1 Å². The SMILES string of the molecule is CCCCCCCC/C=C\CCCCCCCCC[13CH2][13CH2]C(=O)O. The normalized spacial score (nSPS) is 11.4. The van der Waals surface area contributed by atoms with Crippen LogP contribution in [0.15, 0.2) is 12.2 Å². The van der Waals surface area contributed by atoms with Crippen LogP contribution in [-0.4, -0.2) is 11.1 Å². The molecule has 0 aliphatic heterocycles. The minimum atomic E-state index is -0.656. The first kappa shape index (κ1) is 23.2. The van der Waals surface area contributed by atoms with Crippen molar-refractivity contribution in [3.8, 4) is 0 Å². The zero-order chi connectivity index (χ0) is 17.7. The lowest BCUT2D eigenvalue weighted by molar-refractivity contribution is -0.137. The lowest BCUT2D eigenvalue weighted by atomic mass is 10.1. The van der Waals surface area contributed by atoms with Crippen LogP contribution < -0.4 is 0 Å². The Labute approximate surface area is 151 Å². The number of carboxylic acids is 1. The second-order valence-corrected chi connectivity index (χ2v) is 7.14. The van der Waals surface area contributed by atoms with Gasteiger partial charge in [0.25, 0.3) is 0 Å². The fraction of sp³-hybridized carbons (Fsp3) is 0.864. The van der Waals surface area contributed by atoms with E-state index in [0.717, 1.165) is 12.8 Å². The van der Waals surface area contributed by atoms with Gasteiger partial charge in [-0.25, -0.2) is 0 Å². The van der Waals surface area contributed by atoms with Crippen LogP contribution in [0.2, 0.25) is 0 Å². The summed E-state index contributed by atoms with van der Waals surface area (Å²) in [5.41, 5.74) is 0. The first-order valence-electron chi connectivity index (χ1n) is 10.6. The van der Waals surface area contributed by atoms with Gasteiger partial charge < -0.3 is 5.11 Å². The average Bonchev–Trinajstić information content (AvgIpc) is 2.56. The van der Waals surface area contributed by atoms with E-state index in [1.54, 1.807) is 0 Å². The van der Waals surface area contributed by atoms with E-state index in [4.69, 9.17) is 5.11 Å². The Morgan fingerprint density at radius 1 is 0.625 bits per heavy atom. The van der Waals surface area contributed by atoms with Crippen molar-refractivity contribution < 1.29 is 9.90 Å². The molecule has 1 N–H and O–H groups in total. The molecular formula is C22H42O2. The third-order valence-electron chi connectivity index (χ3n) is 4.65. The van der Waals surface area contributed by atoms with E-state index in [9.17, 15) is 4.79 Å². The van der Waals surface area contributed by atoms with Crippen LogP contribution in [0, 0.1) is 0 Å². The predicted octanol–water partition coefficient (Wildman–Crippen LogP) is 7.67. The predicted molar refractivity (Wildman–Crippen MR) is 106 cm³/mol. The molecule has 0 amide bonds. The first-order chi connectivity index (χ1) is 11.8. The van der Waals surface area contributed by atoms with E-state index in [1.807, 2.05) is 0 Å². The Morgan fingerprint density at radius 3 is 1.42 bits per heavy atom. The first-order valence-corrected chi connectivity index (χ1v) is 10.6. The minimum absolute atomic E-state index is 0.340. The quantitative estimate of drug-likeness (QED) is 0.149. The Balaban J connectivity index is 3.06. The van der Waals surface area contributed by atoms with Crippen LogP contribution in [0.3, 0.4) is 0 Å². The maximum Gasteiger partial charge on any atom is 0.303 e. The molecule has 2 heteroatoms. The fourth-order valence-corrected chi connectivity index (χ4v) is 3.05. The second-order valence-electron chi connectivity index (χ2n) is 7.14. The topological polar surface area (TPSA) is 37.3 Å². The van der Waals surface area contributed by atoms with Crippen molar-refractivity contribution in [1.29, 1.82) is 0 Å². The molecule has 0 aromatic rings. The van der Waals surface area contributed by atoms with Crippen LogP contribution in [0.25, 0.3) is 0 Å². The monoisotopic (exact) mass is 340 g/mol. The highest BCUT2D eigenvalue weighted by Crippen LogP contribution is 2.12. The van der Waals surface area contributed by atoms with Gasteiger partial charge in [0.05, 0.1) is 0 Å². The van der Waals surface area contributed by atoms with E-state index in [0.29, 0.717) is 6.42 Å². The standard InChI is InChI=1S/C22H42O2/c1-2-3-4-5-6-7-8-9-10-11-12-13-14-15-16-17-18-19-20-21-22(23)24/h9-10H,2-8,11-21H2,1H3,(H,23,24)/b10-9-/i20+1,21+1. The summed E-state index contributed by atoms with van der Waals surface area (Å²) in [7, 11) is 0. The molecule has 0 aliphatic carbocycles. The van der Waals surface area contributed by atoms with E-state index < -0.39 is 5.97 Å². The third kappa shape index (κ3) is 21.2. The van der Waals surface area contributed by atoms with Crippen LogP contribution >= 0.6 is 0 Å². The van der Waals surface area contributed by atoms with Crippen LogP contribution in [-0.2, 0) is 4.79 Å². The number of carboxylic acid groups (broad SMARTS) is 1. The molecule has 0 rings (SSSR count). The van der Waals surface area contributed by atoms with E-state index in [-0.39, 0.29) is 0 Å². The fourth-order valence-electron chi connectivity index (χ4n) is 3.05. The van der Waals surface area contributed by atoms with Crippen LogP contribution in [0.5, 0.6) is 0 Å². The number of hydrogen-bond acceptors (Lipinski definition) is 1. The smallest absolute Gasteiger partial charge is 0.303 e. The maximum atomic E-state index is 10.4. The largest absolute Gasteiger partial charge is 0.481 e. The molecule has 0 unspecified atom stereocenters. The summed E-state index contributed by atoms with van der Waals surface area (Å²) >= 11 is 0. The number of rotatable bonds is 19. The van der Waals surface area contributed by atoms with Gasteiger partial charge in [0.2, 0.25) is 0 Å². The highest BCUT2D eigenvalue weighted by Gasteiger charge is 1.96. The van der Waals surface area contributed by atoms with Gasteiger partial charge in [0.1, 0.15) is 0 Å². The van der Waals surface area contributed by atoms with Gasteiger partial charge in [0, 0.05) is 6.42 Å². The summed E-state index contributed by atoms with van der Waals surface area (Å²) in [5.74, 6) is -0.656. The van der Waals surface area contributed by atoms with Crippen LogP contribution in [0.4, 0.5) is 0 Å². The number of allylic oxidation sites excluding steroid dienone is 2. The molecule has 24 heavy (non-hydrogen) atoms. The molecule has 0 fully saturated rings. The summed E-state index contributed by atoms with van der Waals surface area (Å²) in [6, 6.07) is 0. The molecule has 0 bridgehead atoms. The highest BCUT2D eigenvalue weighted by molar-refractivity contribution is 5.66. The van der Waals surface area contributed by atoms with Gasteiger partial charge in [0.15, 0.2) is 0 Å². The molecule has 0 saturated heterocycles. The Morgan fingerprint density at radius 2 is 1.00 bits per heavy atom.